The molecule has 0 saturated carbocycles. The van der Waals surface area contributed by atoms with Gasteiger partial charge in [0.15, 0.2) is 11.5 Å². The van der Waals surface area contributed by atoms with Gasteiger partial charge in [0, 0.05) is 6.07 Å². The zero-order chi connectivity index (χ0) is 18.6. The summed E-state index contributed by atoms with van der Waals surface area (Å²) in [6, 6.07) is 2.80. The van der Waals surface area contributed by atoms with Crippen LogP contribution in [0.5, 0.6) is 11.5 Å². The molecule has 2 N–H and O–H groups in total. The number of hydrogen-bond donors (Lipinski definition) is 2. The molecular weight excluding hydrogens is 326 g/mol. The van der Waals surface area contributed by atoms with E-state index in [0.29, 0.717) is 22.4 Å². The quantitative estimate of drug-likeness (QED) is 0.757. The van der Waals surface area contributed by atoms with Crippen molar-refractivity contribution in [2.24, 2.45) is 5.92 Å². The number of methoxy groups -OCH3 is 2. The van der Waals surface area contributed by atoms with E-state index in [0.717, 1.165) is 0 Å². The van der Waals surface area contributed by atoms with Gasteiger partial charge in [-0.2, -0.15) is 0 Å². The van der Waals surface area contributed by atoms with Crippen molar-refractivity contribution in [2.45, 2.75) is 26.4 Å². The Bertz CT molecular complexity index is 816. The second-order valence-electron chi connectivity index (χ2n) is 6.00. The molecule has 8 nitrogen and oxygen atoms in total. The normalized spacial score (nSPS) is 12.2. The number of rotatable bonds is 7. The fourth-order valence-electron chi connectivity index (χ4n) is 2.43. The van der Waals surface area contributed by atoms with Crippen molar-refractivity contribution in [3.8, 4) is 11.5 Å². The van der Waals surface area contributed by atoms with Gasteiger partial charge in [0.1, 0.15) is 6.54 Å². The molecule has 1 heterocycles. The summed E-state index contributed by atoms with van der Waals surface area (Å²) < 4.78 is 11.6. The van der Waals surface area contributed by atoms with Gasteiger partial charge in [-0.1, -0.05) is 13.8 Å². The number of fused-ring (bicyclic) bond motifs is 1. The molecule has 1 aromatic carbocycles. The molecule has 0 saturated heterocycles. The van der Waals surface area contributed by atoms with Gasteiger partial charge < -0.3 is 19.9 Å². The molecule has 1 aromatic heterocycles. The Balaban J connectivity index is 2.32. The summed E-state index contributed by atoms with van der Waals surface area (Å²) in [6.07, 6.45) is 1.32. The largest absolute Gasteiger partial charge is 0.493 e. The molecule has 136 valence electrons. The van der Waals surface area contributed by atoms with Crippen LogP contribution in [0.4, 0.5) is 0 Å². The van der Waals surface area contributed by atoms with E-state index in [2.05, 4.69) is 10.3 Å². The third kappa shape index (κ3) is 4.08. The Labute approximate surface area is 145 Å². The number of aromatic nitrogens is 2. The van der Waals surface area contributed by atoms with Gasteiger partial charge >= 0.3 is 0 Å². The van der Waals surface area contributed by atoms with Crippen molar-refractivity contribution < 1.29 is 19.4 Å². The maximum atomic E-state index is 12.6. The minimum atomic E-state index is -0.364. The lowest BCUT2D eigenvalue weighted by Crippen LogP contribution is -2.43. The molecule has 1 amide bonds. The Morgan fingerprint density at radius 2 is 1.92 bits per heavy atom. The Morgan fingerprint density at radius 3 is 2.48 bits per heavy atom. The van der Waals surface area contributed by atoms with Gasteiger partial charge in [-0.15, -0.1) is 0 Å². The third-order valence-electron chi connectivity index (χ3n) is 3.99. The van der Waals surface area contributed by atoms with Crippen molar-refractivity contribution in [1.82, 2.24) is 14.9 Å². The number of hydrogen-bond acceptors (Lipinski definition) is 6. The Kier molecular flexibility index (Phi) is 5.97. The summed E-state index contributed by atoms with van der Waals surface area (Å²) in [6.45, 7) is 3.44. The monoisotopic (exact) mass is 349 g/mol. The zero-order valence-electron chi connectivity index (χ0n) is 14.8. The number of ether oxygens (including phenoxy) is 2. The van der Waals surface area contributed by atoms with Gasteiger partial charge in [-0.05, 0) is 12.0 Å². The average Bonchev–Trinajstić information content (AvgIpc) is 2.60. The van der Waals surface area contributed by atoms with Gasteiger partial charge in [-0.25, -0.2) is 4.98 Å². The third-order valence-corrected chi connectivity index (χ3v) is 3.99. The van der Waals surface area contributed by atoms with Crippen LogP contribution in [0.15, 0.2) is 23.3 Å². The molecule has 0 radical (unpaired) electrons. The van der Waals surface area contributed by atoms with E-state index in [9.17, 15) is 14.7 Å². The molecule has 2 aromatic rings. The van der Waals surface area contributed by atoms with Crippen LogP contribution < -0.4 is 20.3 Å². The minimum Gasteiger partial charge on any atom is -0.493 e. The lowest BCUT2D eigenvalue weighted by atomic mass is 10.1. The first-order valence-electron chi connectivity index (χ1n) is 7.92. The summed E-state index contributed by atoms with van der Waals surface area (Å²) >= 11 is 0. The maximum absolute atomic E-state index is 12.6. The molecule has 0 bridgehead atoms. The van der Waals surface area contributed by atoms with Gasteiger partial charge in [0.2, 0.25) is 5.91 Å². The zero-order valence-corrected chi connectivity index (χ0v) is 14.8. The number of benzene rings is 1. The van der Waals surface area contributed by atoms with Crippen LogP contribution in [0.1, 0.15) is 13.8 Å². The molecule has 25 heavy (non-hydrogen) atoms. The van der Waals surface area contributed by atoms with Crippen molar-refractivity contribution >= 4 is 16.8 Å². The second-order valence-corrected chi connectivity index (χ2v) is 6.00. The van der Waals surface area contributed by atoms with E-state index < -0.39 is 0 Å². The van der Waals surface area contributed by atoms with Crippen LogP contribution in [0, 0.1) is 5.92 Å². The van der Waals surface area contributed by atoms with E-state index in [1.54, 1.807) is 12.1 Å². The van der Waals surface area contributed by atoms with Crippen molar-refractivity contribution in [1.29, 1.82) is 0 Å². The topological polar surface area (TPSA) is 103 Å². The second kappa shape index (κ2) is 7.98. The molecule has 0 aliphatic carbocycles. The van der Waals surface area contributed by atoms with E-state index >= 15 is 0 Å². The Hall–Kier alpha value is -2.61. The summed E-state index contributed by atoms with van der Waals surface area (Å²) in [5.41, 5.74) is 0.0981. The molecule has 0 spiro atoms. The fraction of sp³-hybridized carbons (Fsp3) is 0.471. The predicted octanol–water partition coefficient (Wildman–Crippen LogP) is 0.547. The fourth-order valence-corrected chi connectivity index (χ4v) is 2.43. The van der Waals surface area contributed by atoms with Gasteiger partial charge in [0.25, 0.3) is 5.56 Å². The predicted molar refractivity (Wildman–Crippen MR) is 93.0 cm³/mol. The highest BCUT2D eigenvalue weighted by atomic mass is 16.5. The van der Waals surface area contributed by atoms with Crippen LogP contribution in [-0.4, -0.2) is 47.4 Å². The summed E-state index contributed by atoms with van der Waals surface area (Å²) in [4.78, 5) is 29.0. The van der Waals surface area contributed by atoms with E-state index in [1.165, 1.54) is 25.1 Å². The Morgan fingerprint density at radius 1 is 1.28 bits per heavy atom. The standard InChI is InChI=1S/C17H23N3O5/c1-10(2)13(8-21)19-16(22)7-20-9-18-12-6-15(25-4)14(24-3)5-11(12)17(20)23/h5-6,9-10,13,21H,7-8H2,1-4H3,(H,19,22)/t13-/m0/s1. The maximum Gasteiger partial charge on any atom is 0.261 e. The molecule has 8 heteroatoms. The van der Waals surface area contributed by atoms with Crippen molar-refractivity contribution in [3.05, 3.63) is 28.8 Å². The number of amides is 1. The summed E-state index contributed by atoms with van der Waals surface area (Å²) in [5.74, 6) is 0.602. The summed E-state index contributed by atoms with van der Waals surface area (Å²) in [5, 5.41) is 12.3. The van der Waals surface area contributed by atoms with E-state index in [4.69, 9.17) is 9.47 Å². The van der Waals surface area contributed by atoms with Crippen LogP contribution in [0.3, 0.4) is 0 Å². The van der Waals surface area contributed by atoms with Crippen molar-refractivity contribution in [2.75, 3.05) is 20.8 Å². The molecule has 1 atom stereocenters. The number of carbonyl (C=O) groups is 1. The molecule has 0 aliphatic heterocycles. The summed E-state index contributed by atoms with van der Waals surface area (Å²) in [7, 11) is 2.98. The number of aliphatic hydroxyl groups excluding tert-OH is 1. The highest BCUT2D eigenvalue weighted by Crippen LogP contribution is 2.29. The van der Waals surface area contributed by atoms with Gasteiger partial charge in [0.05, 0.1) is 44.1 Å². The highest BCUT2D eigenvalue weighted by Gasteiger charge is 2.17. The van der Waals surface area contributed by atoms with E-state index in [-0.39, 0.29) is 36.6 Å². The van der Waals surface area contributed by atoms with E-state index in [1.807, 2.05) is 13.8 Å². The van der Waals surface area contributed by atoms with Gasteiger partial charge in [-0.3, -0.25) is 14.2 Å². The van der Waals surface area contributed by atoms with Crippen LogP contribution >= 0.6 is 0 Å². The molecule has 2 rings (SSSR count). The SMILES string of the molecule is COc1cc2ncn(CC(=O)N[C@@H](CO)C(C)C)c(=O)c2cc1OC. The number of aliphatic hydroxyl groups is 1. The molecular formula is C17H23N3O5. The number of nitrogens with one attached hydrogen (secondary N) is 1. The molecule has 0 aliphatic rings. The lowest BCUT2D eigenvalue weighted by Gasteiger charge is -2.20. The average molecular weight is 349 g/mol. The van der Waals surface area contributed by atoms with Crippen LogP contribution in [0.2, 0.25) is 0 Å². The smallest absolute Gasteiger partial charge is 0.261 e. The first-order valence-corrected chi connectivity index (χ1v) is 7.92. The number of nitrogens with zero attached hydrogens (tertiary/aromatic N) is 2. The minimum absolute atomic E-state index is 0.0807. The first-order chi connectivity index (χ1) is 11.9. The lowest BCUT2D eigenvalue weighted by molar-refractivity contribution is -0.123. The van der Waals surface area contributed by atoms with Crippen LogP contribution in [0.25, 0.3) is 10.9 Å². The molecule has 0 fully saturated rings. The van der Waals surface area contributed by atoms with Crippen LogP contribution in [-0.2, 0) is 11.3 Å². The molecule has 0 unspecified atom stereocenters. The highest BCUT2D eigenvalue weighted by molar-refractivity contribution is 5.82. The van der Waals surface area contributed by atoms with Crippen molar-refractivity contribution in [3.63, 3.8) is 0 Å². The first kappa shape index (κ1) is 18.7. The number of carbonyl (C=O) groups excluding carboxylic acids is 1.